The Morgan fingerprint density at radius 3 is 2.52 bits per heavy atom. The first-order chi connectivity index (χ1) is 15.9. The summed E-state index contributed by atoms with van der Waals surface area (Å²) in [6, 6.07) is 0. The summed E-state index contributed by atoms with van der Waals surface area (Å²) >= 11 is 0. The van der Waals surface area contributed by atoms with E-state index in [9.17, 15) is 5.11 Å². The van der Waals surface area contributed by atoms with E-state index in [1.165, 1.54) is 6.42 Å². The molecular weight excluding hydrogens is 412 g/mol. The topological polar surface area (TPSA) is 58.9 Å². The summed E-state index contributed by atoms with van der Waals surface area (Å²) in [4.78, 5) is 0. The van der Waals surface area contributed by atoms with Crippen molar-refractivity contribution in [3.63, 3.8) is 0 Å². The zero-order valence-corrected chi connectivity index (χ0v) is 20.8. The fraction of sp³-hybridized carbons (Fsp3) is 0.862. The molecule has 0 aromatic carbocycles. The van der Waals surface area contributed by atoms with Crippen molar-refractivity contribution in [3.8, 4) is 11.8 Å². The zero-order valence-electron chi connectivity index (χ0n) is 20.8. The van der Waals surface area contributed by atoms with Gasteiger partial charge in [0.1, 0.15) is 5.60 Å². The molecule has 0 radical (unpaired) electrons. The Hall–Kier alpha value is -0.860. The van der Waals surface area contributed by atoms with E-state index in [0.29, 0.717) is 17.8 Å². The number of hydrogen-bond acceptors (Lipinski definition) is 4. The number of allylic oxidation sites excluding steroid dienone is 1. The predicted molar refractivity (Wildman–Crippen MR) is 129 cm³/mol. The van der Waals surface area contributed by atoms with Gasteiger partial charge in [-0.2, -0.15) is 0 Å². The lowest BCUT2D eigenvalue weighted by Crippen LogP contribution is -2.55. The Bertz CT molecular complexity index is 817. The average Bonchev–Trinajstić information content (AvgIpc) is 3.36. The van der Waals surface area contributed by atoms with Crippen molar-refractivity contribution in [1.82, 2.24) is 0 Å². The van der Waals surface area contributed by atoms with Gasteiger partial charge in [-0.15, -0.1) is 5.92 Å². The van der Waals surface area contributed by atoms with Gasteiger partial charge in [0.15, 0.2) is 5.79 Å². The monoisotopic (exact) mass is 456 g/mol. The van der Waals surface area contributed by atoms with Crippen LogP contribution in [0.4, 0.5) is 0 Å². The predicted octanol–water partition coefficient (Wildman–Crippen LogP) is 5.37. The summed E-state index contributed by atoms with van der Waals surface area (Å²) in [5, 5.41) is 20.7. The van der Waals surface area contributed by atoms with Gasteiger partial charge < -0.3 is 19.7 Å². The highest BCUT2D eigenvalue weighted by Crippen LogP contribution is 2.67. The molecule has 0 amide bonds. The first kappa shape index (κ1) is 23.9. The third kappa shape index (κ3) is 3.92. The van der Waals surface area contributed by atoms with E-state index in [1.807, 2.05) is 0 Å². The SMILES string of the molecule is C[C@]12CCC3(CC1=CC[C@@H]1[C@@H]2CC[C@@]2(C)[C@H]1CC[C@@]2(O)C#CCCCCCCO)OCCO3. The smallest absolute Gasteiger partial charge is 0.172 e. The molecule has 184 valence electrons. The van der Waals surface area contributed by atoms with Crippen LogP contribution in [0.25, 0.3) is 0 Å². The van der Waals surface area contributed by atoms with Gasteiger partial charge in [0.25, 0.3) is 0 Å². The molecule has 0 bridgehead atoms. The van der Waals surface area contributed by atoms with Crippen molar-refractivity contribution in [1.29, 1.82) is 0 Å². The molecule has 33 heavy (non-hydrogen) atoms. The lowest BCUT2D eigenvalue weighted by Gasteiger charge is -2.59. The van der Waals surface area contributed by atoms with E-state index >= 15 is 0 Å². The van der Waals surface area contributed by atoms with Crippen LogP contribution in [0.1, 0.15) is 97.3 Å². The molecule has 6 atom stereocenters. The molecule has 0 unspecified atom stereocenters. The van der Waals surface area contributed by atoms with E-state index in [1.54, 1.807) is 5.57 Å². The summed E-state index contributed by atoms with van der Waals surface area (Å²) < 4.78 is 12.2. The number of fused-ring (bicyclic) bond motifs is 5. The normalized spacial score (nSPS) is 43.3. The Morgan fingerprint density at radius 2 is 1.73 bits per heavy atom. The number of aliphatic hydroxyl groups excluding tert-OH is 1. The van der Waals surface area contributed by atoms with Crippen molar-refractivity contribution < 1.29 is 19.7 Å². The number of ether oxygens (including phenoxy) is 2. The van der Waals surface area contributed by atoms with Crippen molar-refractivity contribution in [3.05, 3.63) is 11.6 Å². The summed E-state index contributed by atoms with van der Waals surface area (Å²) in [7, 11) is 0. The van der Waals surface area contributed by atoms with Gasteiger partial charge in [0, 0.05) is 31.3 Å². The minimum Gasteiger partial charge on any atom is -0.396 e. The Kier molecular flexibility index (Phi) is 6.49. The van der Waals surface area contributed by atoms with Crippen LogP contribution in [-0.2, 0) is 9.47 Å². The van der Waals surface area contributed by atoms with Gasteiger partial charge in [0.05, 0.1) is 13.2 Å². The summed E-state index contributed by atoms with van der Waals surface area (Å²) in [5.41, 5.74) is 0.912. The first-order valence-electron chi connectivity index (χ1n) is 13.7. The van der Waals surface area contributed by atoms with Crippen molar-refractivity contribution >= 4 is 0 Å². The molecule has 1 saturated heterocycles. The van der Waals surface area contributed by atoms with Crippen LogP contribution in [0.5, 0.6) is 0 Å². The van der Waals surface area contributed by atoms with Crippen molar-refractivity contribution in [2.45, 2.75) is 109 Å². The fourth-order valence-corrected chi connectivity index (χ4v) is 8.46. The molecule has 4 fully saturated rings. The van der Waals surface area contributed by atoms with E-state index < -0.39 is 5.60 Å². The maximum absolute atomic E-state index is 11.8. The molecule has 0 aromatic rings. The zero-order chi connectivity index (χ0) is 23.2. The minimum absolute atomic E-state index is 0.0900. The molecule has 1 spiro atoms. The lowest BCUT2D eigenvalue weighted by molar-refractivity contribution is -0.186. The number of aliphatic hydroxyl groups is 2. The quantitative estimate of drug-likeness (QED) is 0.332. The highest BCUT2D eigenvalue weighted by molar-refractivity contribution is 5.30. The van der Waals surface area contributed by atoms with E-state index in [0.717, 1.165) is 90.3 Å². The van der Waals surface area contributed by atoms with Crippen LogP contribution in [0, 0.1) is 40.4 Å². The molecule has 4 aliphatic carbocycles. The van der Waals surface area contributed by atoms with Crippen LogP contribution in [0.3, 0.4) is 0 Å². The third-order valence-electron chi connectivity index (χ3n) is 10.6. The van der Waals surface area contributed by atoms with Gasteiger partial charge in [-0.25, -0.2) is 0 Å². The number of unbranched alkanes of at least 4 members (excludes halogenated alkanes) is 4. The summed E-state index contributed by atoms with van der Waals surface area (Å²) in [6.45, 7) is 6.61. The highest BCUT2D eigenvalue weighted by atomic mass is 16.7. The van der Waals surface area contributed by atoms with Gasteiger partial charge in [-0.05, 0) is 74.5 Å². The van der Waals surface area contributed by atoms with Gasteiger partial charge in [0.2, 0.25) is 0 Å². The van der Waals surface area contributed by atoms with Crippen LogP contribution in [0.15, 0.2) is 11.6 Å². The molecule has 5 aliphatic rings. The van der Waals surface area contributed by atoms with E-state index in [2.05, 4.69) is 31.8 Å². The van der Waals surface area contributed by atoms with Crippen LogP contribution < -0.4 is 0 Å². The largest absolute Gasteiger partial charge is 0.396 e. The summed E-state index contributed by atoms with van der Waals surface area (Å²) in [5.74, 6) is 8.32. The molecular formula is C29H44O4. The van der Waals surface area contributed by atoms with Crippen molar-refractivity contribution in [2.24, 2.45) is 28.6 Å². The molecule has 3 saturated carbocycles. The maximum Gasteiger partial charge on any atom is 0.172 e. The molecule has 0 aromatic heterocycles. The second kappa shape index (κ2) is 8.98. The lowest BCUT2D eigenvalue weighted by atomic mass is 9.47. The van der Waals surface area contributed by atoms with Crippen LogP contribution in [-0.4, -0.2) is 41.4 Å². The van der Waals surface area contributed by atoms with Crippen LogP contribution in [0.2, 0.25) is 0 Å². The Labute approximate surface area is 200 Å². The van der Waals surface area contributed by atoms with Gasteiger partial charge in [-0.3, -0.25) is 0 Å². The second-order valence-corrected chi connectivity index (χ2v) is 12.1. The first-order valence-corrected chi connectivity index (χ1v) is 13.7. The number of rotatable bonds is 5. The van der Waals surface area contributed by atoms with Gasteiger partial charge in [-0.1, -0.05) is 44.3 Å². The molecule has 2 N–H and O–H groups in total. The maximum atomic E-state index is 11.8. The molecule has 1 heterocycles. The fourth-order valence-electron chi connectivity index (χ4n) is 8.46. The second-order valence-electron chi connectivity index (χ2n) is 12.1. The van der Waals surface area contributed by atoms with E-state index in [-0.39, 0.29) is 23.2 Å². The highest BCUT2D eigenvalue weighted by Gasteiger charge is 2.64. The Balaban J connectivity index is 1.29. The average molecular weight is 457 g/mol. The van der Waals surface area contributed by atoms with Crippen molar-refractivity contribution in [2.75, 3.05) is 19.8 Å². The number of hydrogen-bond donors (Lipinski definition) is 2. The van der Waals surface area contributed by atoms with E-state index in [4.69, 9.17) is 14.6 Å². The molecule has 1 aliphatic heterocycles. The minimum atomic E-state index is -0.833. The van der Waals surface area contributed by atoms with Crippen LogP contribution >= 0.6 is 0 Å². The van der Waals surface area contributed by atoms with Gasteiger partial charge >= 0.3 is 0 Å². The molecule has 4 heteroatoms. The molecule has 4 nitrogen and oxygen atoms in total. The molecule has 5 rings (SSSR count). The third-order valence-corrected chi connectivity index (χ3v) is 10.6. The standard InChI is InChI=1S/C29H44O4/c1-26-16-17-29(32-19-20-33-29)21-22(26)9-10-23-24(26)11-14-27(2)25(23)12-15-28(27,31)13-7-5-3-4-6-8-18-30/h9,23-25,30-31H,3-6,8,10-12,14-21H2,1-2H3/t23-,24+,25+,26+,27+,28+/m1/s1. The Morgan fingerprint density at radius 1 is 0.970 bits per heavy atom. The summed E-state index contributed by atoms with van der Waals surface area (Å²) in [6.07, 6.45) is 16.0.